The van der Waals surface area contributed by atoms with Crippen LogP contribution in [0.25, 0.3) is 0 Å². The molecule has 2 aromatic carbocycles. The van der Waals surface area contributed by atoms with E-state index in [1.165, 1.54) is 5.56 Å². The quantitative estimate of drug-likeness (QED) is 0.648. The summed E-state index contributed by atoms with van der Waals surface area (Å²) in [5.74, 6) is 0. The number of hydrogen-bond donors (Lipinski definition) is 4. The van der Waals surface area contributed by atoms with Crippen LogP contribution in [0.4, 0.5) is 0 Å². The molecule has 1 aliphatic rings. The molecule has 1 heterocycles. The van der Waals surface area contributed by atoms with E-state index in [0.29, 0.717) is 6.42 Å². The minimum atomic E-state index is -1.37. The van der Waals surface area contributed by atoms with E-state index < -0.39 is 37.1 Å². The van der Waals surface area contributed by atoms with Gasteiger partial charge in [-0.15, -0.1) is 0 Å². The molecule has 0 radical (unpaired) electrons. The lowest BCUT2D eigenvalue weighted by atomic mass is 9.87. The second kappa shape index (κ2) is 8.29. The molecule has 5 nitrogen and oxygen atoms in total. The molecule has 0 aromatic heterocycles. The molecule has 2 aromatic rings. The molecule has 1 aliphatic heterocycles. The standard InChI is InChI=1S/C21H26O5/c1-2-13-7-9-14(10-8-13)11-15-5-3-4-6-16(15)21-20(25)19(24)18(23)17(12-22)26-21/h3-10,17-25H,2,11-12H2,1H3/t17-,18-,19+,20-,21+/m1/s1. The molecule has 1 fully saturated rings. The third kappa shape index (κ3) is 3.82. The van der Waals surface area contributed by atoms with Gasteiger partial charge in [-0.3, -0.25) is 0 Å². The van der Waals surface area contributed by atoms with Crippen LogP contribution >= 0.6 is 0 Å². The van der Waals surface area contributed by atoms with Crippen LogP contribution in [0.3, 0.4) is 0 Å². The summed E-state index contributed by atoms with van der Waals surface area (Å²) >= 11 is 0. The monoisotopic (exact) mass is 358 g/mol. The van der Waals surface area contributed by atoms with E-state index in [1.807, 2.05) is 24.3 Å². The van der Waals surface area contributed by atoms with E-state index >= 15 is 0 Å². The number of aryl methyl sites for hydroxylation is 1. The van der Waals surface area contributed by atoms with Crippen molar-refractivity contribution in [3.63, 3.8) is 0 Å². The van der Waals surface area contributed by atoms with E-state index in [4.69, 9.17) is 4.74 Å². The van der Waals surface area contributed by atoms with Crippen molar-refractivity contribution in [3.05, 3.63) is 70.8 Å². The van der Waals surface area contributed by atoms with Crippen LogP contribution in [0.15, 0.2) is 48.5 Å². The Hall–Kier alpha value is -1.76. The second-order valence-corrected chi connectivity index (χ2v) is 6.80. The fourth-order valence-corrected chi connectivity index (χ4v) is 3.44. The van der Waals surface area contributed by atoms with Crippen LogP contribution in [0.1, 0.15) is 35.3 Å². The highest BCUT2D eigenvalue weighted by molar-refractivity contribution is 5.36. The Morgan fingerprint density at radius 1 is 0.846 bits per heavy atom. The molecule has 26 heavy (non-hydrogen) atoms. The summed E-state index contributed by atoms with van der Waals surface area (Å²) in [5.41, 5.74) is 4.14. The minimum absolute atomic E-state index is 0.428. The first-order chi connectivity index (χ1) is 12.5. The maximum absolute atomic E-state index is 10.4. The largest absolute Gasteiger partial charge is 0.394 e. The van der Waals surface area contributed by atoms with Gasteiger partial charge < -0.3 is 25.2 Å². The molecule has 5 atom stereocenters. The zero-order chi connectivity index (χ0) is 18.7. The van der Waals surface area contributed by atoms with Crippen LogP contribution < -0.4 is 0 Å². The van der Waals surface area contributed by atoms with Crippen molar-refractivity contribution in [2.45, 2.75) is 50.3 Å². The van der Waals surface area contributed by atoms with Gasteiger partial charge in [0.1, 0.15) is 30.5 Å². The van der Waals surface area contributed by atoms with Gasteiger partial charge in [-0.2, -0.15) is 0 Å². The molecule has 0 unspecified atom stereocenters. The van der Waals surface area contributed by atoms with Crippen molar-refractivity contribution < 1.29 is 25.2 Å². The van der Waals surface area contributed by atoms with Gasteiger partial charge in [-0.1, -0.05) is 55.5 Å². The fourth-order valence-electron chi connectivity index (χ4n) is 3.44. The smallest absolute Gasteiger partial charge is 0.113 e. The summed E-state index contributed by atoms with van der Waals surface area (Å²) in [6, 6.07) is 16.0. The number of aliphatic hydroxyl groups excluding tert-OH is 4. The summed E-state index contributed by atoms with van der Waals surface area (Å²) in [7, 11) is 0. The summed E-state index contributed by atoms with van der Waals surface area (Å²) in [6.07, 6.45) is -4.05. The molecule has 0 amide bonds. The maximum atomic E-state index is 10.4. The van der Waals surface area contributed by atoms with E-state index in [9.17, 15) is 20.4 Å². The Bertz CT molecular complexity index is 713. The molecule has 1 saturated heterocycles. The average molecular weight is 358 g/mol. The SMILES string of the molecule is CCc1ccc(Cc2ccccc2[C@@H]2O[C@H](CO)[C@@H](O)[C@H](O)[C@H]2O)cc1. The van der Waals surface area contributed by atoms with Crippen molar-refractivity contribution in [1.29, 1.82) is 0 Å². The van der Waals surface area contributed by atoms with Crippen LogP contribution in [0.2, 0.25) is 0 Å². The highest BCUT2D eigenvalue weighted by Crippen LogP contribution is 2.34. The summed E-state index contributed by atoms with van der Waals surface area (Å²) < 4.78 is 5.72. The molecule has 4 N–H and O–H groups in total. The molecular formula is C21H26O5. The second-order valence-electron chi connectivity index (χ2n) is 6.80. The van der Waals surface area contributed by atoms with Gasteiger partial charge in [0, 0.05) is 0 Å². The Morgan fingerprint density at radius 2 is 1.50 bits per heavy atom. The molecule has 0 aliphatic carbocycles. The first-order valence-corrected chi connectivity index (χ1v) is 9.01. The Kier molecular flexibility index (Phi) is 6.06. The van der Waals surface area contributed by atoms with Gasteiger partial charge in [-0.05, 0) is 35.1 Å². The molecule has 0 saturated carbocycles. The maximum Gasteiger partial charge on any atom is 0.113 e. The first kappa shape index (κ1) is 19.0. The minimum Gasteiger partial charge on any atom is -0.394 e. The van der Waals surface area contributed by atoms with E-state index in [1.54, 1.807) is 0 Å². The van der Waals surface area contributed by atoms with Crippen LogP contribution in [0.5, 0.6) is 0 Å². The molecule has 3 rings (SSSR count). The molecule has 140 valence electrons. The summed E-state index contributed by atoms with van der Waals surface area (Å²) in [6.45, 7) is 1.69. The highest BCUT2D eigenvalue weighted by Gasteiger charge is 2.44. The Balaban J connectivity index is 1.88. The summed E-state index contributed by atoms with van der Waals surface area (Å²) in [4.78, 5) is 0. The lowest BCUT2D eigenvalue weighted by Crippen LogP contribution is -2.55. The fraction of sp³-hybridized carbons (Fsp3) is 0.429. The van der Waals surface area contributed by atoms with E-state index in [-0.39, 0.29) is 0 Å². The number of aliphatic hydroxyl groups is 4. The predicted octanol–water partition coefficient (Wildman–Crippen LogP) is 1.35. The third-order valence-electron chi connectivity index (χ3n) is 5.08. The molecule has 5 heteroatoms. The van der Waals surface area contributed by atoms with Crippen molar-refractivity contribution in [3.8, 4) is 0 Å². The number of benzene rings is 2. The van der Waals surface area contributed by atoms with Crippen LogP contribution in [-0.2, 0) is 17.6 Å². The normalized spacial score (nSPS) is 28.9. The lowest BCUT2D eigenvalue weighted by Gasteiger charge is -2.40. The van der Waals surface area contributed by atoms with Crippen molar-refractivity contribution >= 4 is 0 Å². The van der Waals surface area contributed by atoms with Crippen LogP contribution in [0, 0.1) is 0 Å². The van der Waals surface area contributed by atoms with Gasteiger partial charge in [0.25, 0.3) is 0 Å². The topological polar surface area (TPSA) is 90.2 Å². The van der Waals surface area contributed by atoms with E-state index in [0.717, 1.165) is 23.1 Å². The van der Waals surface area contributed by atoms with Crippen molar-refractivity contribution in [1.82, 2.24) is 0 Å². The average Bonchev–Trinajstić information content (AvgIpc) is 2.68. The Morgan fingerprint density at radius 3 is 2.15 bits per heavy atom. The number of hydrogen-bond acceptors (Lipinski definition) is 5. The van der Waals surface area contributed by atoms with Crippen molar-refractivity contribution in [2.75, 3.05) is 6.61 Å². The van der Waals surface area contributed by atoms with E-state index in [2.05, 4.69) is 31.2 Å². The molecule has 0 bridgehead atoms. The third-order valence-corrected chi connectivity index (χ3v) is 5.08. The first-order valence-electron chi connectivity index (χ1n) is 9.01. The summed E-state index contributed by atoms with van der Waals surface area (Å²) in [5, 5.41) is 39.9. The van der Waals surface area contributed by atoms with Crippen molar-refractivity contribution in [2.24, 2.45) is 0 Å². The van der Waals surface area contributed by atoms with Gasteiger partial charge in [0.15, 0.2) is 0 Å². The lowest BCUT2D eigenvalue weighted by molar-refractivity contribution is -0.231. The highest BCUT2D eigenvalue weighted by atomic mass is 16.5. The number of rotatable bonds is 5. The van der Waals surface area contributed by atoms with Gasteiger partial charge in [0.2, 0.25) is 0 Å². The van der Waals surface area contributed by atoms with Gasteiger partial charge >= 0.3 is 0 Å². The van der Waals surface area contributed by atoms with Gasteiger partial charge in [-0.25, -0.2) is 0 Å². The Labute approximate surface area is 153 Å². The zero-order valence-corrected chi connectivity index (χ0v) is 14.8. The molecule has 0 spiro atoms. The molecular weight excluding hydrogens is 332 g/mol. The zero-order valence-electron chi connectivity index (χ0n) is 14.8. The number of ether oxygens (including phenoxy) is 1. The van der Waals surface area contributed by atoms with Crippen LogP contribution in [-0.4, -0.2) is 51.4 Å². The van der Waals surface area contributed by atoms with Gasteiger partial charge in [0.05, 0.1) is 6.61 Å². The predicted molar refractivity (Wildman–Crippen MR) is 97.8 cm³/mol.